The van der Waals surface area contributed by atoms with Crippen LogP contribution in [0.25, 0.3) is 0 Å². The fourth-order valence-corrected chi connectivity index (χ4v) is 3.02. The van der Waals surface area contributed by atoms with Gasteiger partial charge in [0.2, 0.25) is 0 Å². The Hall–Kier alpha value is -1.09. The van der Waals surface area contributed by atoms with Gasteiger partial charge in [0, 0.05) is 0 Å². The van der Waals surface area contributed by atoms with Gasteiger partial charge in [-0.3, -0.25) is 0 Å². The van der Waals surface area contributed by atoms with Crippen molar-refractivity contribution < 1.29 is 8.42 Å². The first-order chi connectivity index (χ1) is 8.37. The molecule has 0 fully saturated rings. The molecule has 2 nitrogen and oxygen atoms in total. The van der Waals surface area contributed by atoms with Gasteiger partial charge in [0.1, 0.15) is 0 Å². The molecule has 1 aromatic carbocycles. The quantitative estimate of drug-likeness (QED) is 0.763. The Bertz CT molecular complexity index is 513. The lowest BCUT2D eigenvalue weighted by Gasteiger charge is -2.11. The Morgan fingerprint density at radius 3 is 2.44 bits per heavy atom. The number of hydrogen-bond acceptors (Lipinski definition) is 2. The molecule has 0 aliphatic rings. The number of benzene rings is 1. The van der Waals surface area contributed by atoms with Gasteiger partial charge in [0.05, 0.1) is 10.1 Å². The average Bonchev–Trinajstić information content (AvgIpc) is 2.29. The van der Waals surface area contributed by atoms with Gasteiger partial charge >= 0.3 is 0 Å². The van der Waals surface area contributed by atoms with Crippen molar-refractivity contribution in [3.05, 3.63) is 42.0 Å². The molecule has 0 aromatic heterocycles. The summed E-state index contributed by atoms with van der Waals surface area (Å²) in [6.07, 6.45) is 5.02. The standard InChI is InChI=1S/C15H22O2S/c1-5-7-13(4)10-14-8-6-9-15(11-14)18(16,17)12(2)3/h5-9,11-13H,10H2,1-4H3/b7-5-. The molecule has 0 aliphatic heterocycles. The van der Waals surface area contributed by atoms with Gasteiger partial charge < -0.3 is 0 Å². The summed E-state index contributed by atoms with van der Waals surface area (Å²) in [6.45, 7) is 7.55. The van der Waals surface area contributed by atoms with Crippen LogP contribution >= 0.6 is 0 Å². The molecule has 1 aromatic rings. The summed E-state index contributed by atoms with van der Waals surface area (Å²) in [6, 6.07) is 7.29. The molecule has 0 N–H and O–H groups in total. The number of hydrogen-bond donors (Lipinski definition) is 0. The van der Waals surface area contributed by atoms with Crippen LogP contribution < -0.4 is 0 Å². The molecule has 1 unspecified atom stereocenters. The second kappa shape index (κ2) is 6.19. The van der Waals surface area contributed by atoms with Crippen LogP contribution in [0.3, 0.4) is 0 Å². The smallest absolute Gasteiger partial charge is 0.180 e. The highest BCUT2D eigenvalue weighted by Crippen LogP contribution is 2.19. The van der Waals surface area contributed by atoms with Gasteiger partial charge in [-0.25, -0.2) is 8.42 Å². The van der Waals surface area contributed by atoms with Crippen LogP contribution in [0.5, 0.6) is 0 Å². The molecule has 0 spiro atoms. The van der Waals surface area contributed by atoms with Gasteiger partial charge in [-0.05, 0) is 50.8 Å². The second-order valence-electron chi connectivity index (χ2n) is 4.95. The van der Waals surface area contributed by atoms with Gasteiger partial charge in [-0.15, -0.1) is 0 Å². The predicted molar refractivity (Wildman–Crippen MR) is 76.4 cm³/mol. The Morgan fingerprint density at radius 1 is 1.22 bits per heavy atom. The van der Waals surface area contributed by atoms with Crippen LogP contribution in [-0.2, 0) is 16.3 Å². The van der Waals surface area contributed by atoms with Crippen molar-refractivity contribution in [2.24, 2.45) is 5.92 Å². The summed E-state index contributed by atoms with van der Waals surface area (Å²) in [5.41, 5.74) is 1.07. The number of sulfone groups is 1. The van der Waals surface area contributed by atoms with Crippen molar-refractivity contribution in [3.8, 4) is 0 Å². The summed E-state index contributed by atoms with van der Waals surface area (Å²) in [4.78, 5) is 0.433. The Morgan fingerprint density at radius 2 is 1.89 bits per heavy atom. The Balaban J connectivity index is 3.00. The molecule has 18 heavy (non-hydrogen) atoms. The first-order valence-corrected chi connectivity index (χ1v) is 7.88. The van der Waals surface area contributed by atoms with E-state index in [1.165, 1.54) is 0 Å². The molecule has 0 amide bonds. The monoisotopic (exact) mass is 266 g/mol. The largest absolute Gasteiger partial charge is 0.223 e. The lowest BCUT2D eigenvalue weighted by atomic mass is 10.0. The maximum Gasteiger partial charge on any atom is 0.180 e. The van der Waals surface area contributed by atoms with E-state index in [1.807, 2.05) is 25.1 Å². The lowest BCUT2D eigenvalue weighted by molar-refractivity contribution is 0.587. The van der Waals surface area contributed by atoms with Crippen LogP contribution in [-0.4, -0.2) is 13.7 Å². The number of rotatable bonds is 5. The lowest BCUT2D eigenvalue weighted by Crippen LogP contribution is -2.14. The van der Waals surface area contributed by atoms with Gasteiger partial charge in [-0.2, -0.15) is 0 Å². The second-order valence-corrected chi connectivity index (χ2v) is 7.45. The molecule has 0 bridgehead atoms. The van der Waals surface area contributed by atoms with Crippen molar-refractivity contribution in [2.45, 2.75) is 44.3 Å². The highest BCUT2D eigenvalue weighted by atomic mass is 32.2. The zero-order valence-electron chi connectivity index (χ0n) is 11.6. The maximum atomic E-state index is 12.1. The van der Waals surface area contributed by atoms with E-state index in [9.17, 15) is 8.42 Å². The summed E-state index contributed by atoms with van der Waals surface area (Å²) >= 11 is 0. The summed E-state index contributed by atoms with van der Waals surface area (Å²) in [5, 5.41) is -0.374. The Kier molecular flexibility index (Phi) is 5.15. The summed E-state index contributed by atoms with van der Waals surface area (Å²) < 4.78 is 24.2. The molecular weight excluding hydrogens is 244 g/mol. The predicted octanol–water partition coefficient (Wildman–Crippen LogP) is 3.62. The minimum absolute atomic E-state index is 0.374. The van der Waals surface area contributed by atoms with E-state index in [1.54, 1.807) is 26.0 Å². The summed E-state index contributed by atoms with van der Waals surface area (Å²) in [5.74, 6) is 0.423. The maximum absolute atomic E-state index is 12.1. The fourth-order valence-electron chi connectivity index (χ4n) is 1.89. The van der Waals surface area contributed by atoms with Gasteiger partial charge in [0.15, 0.2) is 9.84 Å². The van der Waals surface area contributed by atoms with Crippen molar-refractivity contribution in [3.63, 3.8) is 0 Å². The van der Waals surface area contributed by atoms with Crippen LogP contribution in [0.1, 0.15) is 33.3 Å². The molecule has 0 saturated carbocycles. The van der Waals surface area contributed by atoms with E-state index >= 15 is 0 Å². The van der Waals surface area contributed by atoms with E-state index in [0.717, 1.165) is 12.0 Å². The van der Waals surface area contributed by atoms with Crippen LogP contribution in [0.4, 0.5) is 0 Å². The normalized spacial score (nSPS) is 14.3. The first-order valence-electron chi connectivity index (χ1n) is 6.33. The van der Waals surface area contributed by atoms with Crippen molar-refractivity contribution >= 4 is 9.84 Å². The van der Waals surface area contributed by atoms with Crippen LogP contribution in [0.2, 0.25) is 0 Å². The fraction of sp³-hybridized carbons (Fsp3) is 0.467. The van der Waals surface area contributed by atoms with Crippen molar-refractivity contribution in [1.82, 2.24) is 0 Å². The highest BCUT2D eigenvalue weighted by molar-refractivity contribution is 7.92. The third-order valence-electron chi connectivity index (χ3n) is 2.93. The van der Waals surface area contributed by atoms with Crippen LogP contribution in [0.15, 0.2) is 41.3 Å². The van der Waals surface area contributed by atoms with E-state index in [2.05, 4.69) is 13.0 Å². The molecule has 0 aliphatic carbocycles. The minimum atomic E-state index is -3.17. The SMILES string of the molecule is C/C=C\C(C)Cc1cccc(S(=O)(=O)C(C)C)c1. The molecule has 0 heterocycles. The van der Waals surface area contributed by atoms with E-state index in [-0.39, 0.29) is 5.25 Å². The molecule has 0 saturated heterocycles. The Labute approximate surface area is 111 Å². The summed E-state index contributed by atoms with van der Waals surface area (Å²) in [7, 11) is -3.17. The number of allylic oxidation sites excluding steroid dienone is 2. The third kappa shape index (κ3) is 3.70. The highest BCUT2D eigenvalue weighted by Gasteiger charge is 2.19. The molecule has 1 rings (SSSR count). The zero-order chi connectivity index (χ0) is 13.8. The molecular formula is C15H22O2S. The van der Waals surface area contributed by atoms with Crippen molar-refractivity contribution in [1.29, 1.82) is 0 Å². The topological polar surface area (TPSA) is 34.1 Å². The van der Waals surface area contributed by atoms with Gasteiger partial charge in [-0.1, -0.05) is 31.2 Å². The minimum Gasteiger partial charge on any atom is -0.223 e. The molecule has 100 valence electrons. The zero-order valence-corrected chi connectivity index (χ0v) is 12.4. The van der Waals surface area contributed by atoms with E-state index in [4.69, 9.17) is 0 Å². The van der Waals surface area contributed by atoms with E-state index in [0.29, 0.717) is 10.8 Å². The molecule has 0 radical (unpaired) electrons. The first kappa shape index (κ1) is 15.0. The van der Waals surface area contributed by atoms with Crippen molar-refractivity contribution in [2.75, 3.05) is 0 Å². The third-order valence-corrected chi connectivity index (χ3v) is 5.08. The van der Waals surface area contributed by atoms with E-state index < -0.39 is 9.84 Å². The molecule has 1 atom stereocenters. The van der Waals surface area contributed by atoms with Gasteiger partial charge in [0.25, 0.3) is 0 Å². The molecule has 3 heteroatoms. The van der Waals surface area contributed by atoms with Crippen LogP contribution in [0, 0.1) is 5.92 Å². The average molecular weight is 266 g/mol.